The van der Waals surface area contributed by atoms with Gasteiger partial charge in [-0.2, -0.15) is 0 Å². The fourth-order valence-electron chi connectivity index (χ4n) is 2.92. The van der Waals surface area contributed by atoms with E-state index >= 15 is 0 Å². The summed E-state index contributed by atoms with van der Waals surface area (Å²) in [5, 5.41) is 12.0. The fraction of sp³-hybridized carbons (Fsp3) is 0.556. The Morgan fingerprint density at radius 1 is 1.46 bits per heavy atom. The second-order valence-corrected chi connectivity index (χ2v) is 6.30. The van der Waals surface area contributed by atoms with Gasteiger partial charge in [-0.1, -0.05) is 12.1 Å². The predicted molar refractivity (Wildman–Crippen MR) is 91.1 cm³/mol. The van der Waals surface area contributed by atoms with Gasteiger partial charge in [0.2, 0.25) is 5.91 Å². The van der Waals surface area contributed by atoms with Crippen LogP contribution < -0.4 is 10.1 Å². The molecule has 6 nitrogen and oxygen atoms in total. The third kappa shape index (κ3) is 5.23. The average Bonchev–Trinajstić information content (AvgIpc) is 2.58. The third-order valence-corrected chi connectivity index (χ3v) is 4.39. The number of aliphatic carboxylic acids is 1. The molecule has 0 aromatic heterocycles. The molecule has 1 saturated heterocycles. The van der Waals surface area contributed by atoms with Gasteiger partial charge in [-0.15, -0.1) is 0 Å². The van der Waals surface area contributed by atoms with Crippen molar-refractivity contribution >= 4 is 11.9 Å². The number of carboxylic acids is 1. The number of rotatable bonds is 7. The van der Waals surface area contributed by atoms with E-state index in [1.54, 1.807) is 0 Å². The Morgan fingerprint density at radius 3 is 2.96 bits per heavy atom. The summed E-state index contributed by atoms with van der Waals surface area (Å²) >= 11 is 0. The zero-order chi connectivity index (χ0) is 17.5. The van der Waals surface area contributed by atoms with E-state index < -0.39 is 5.97 Å². The Labute approximate surface area is 142 Å². The summed E-state index contributed by atoms with van der Waals surface area (Å²) in [6, 6.07) is 7.44. The lowest BCUT2D eigenvalue weighted by Gasteiger charge is -2.34. The van der Waals surface area contributed by atoms with Gasteiger partial charge < -0.3 is 15.2 Å². The van der Waals surface area contributed by atoms with E-state index in [1.807, 2.05) is 43.0 Å². The number of carbonyl (C=O) groups excluding carboxylic acids is 1. The van der Waals surface area contributed by atoms with Gasteiger partial charge in [0.25, 0.3) is 0 Å². The molecule has 2 unspecified atom stereocenters. The molecule has 0 saturated carbocycles. The number of carbonyl (C=O) groups is 2. The minimum absolute atomic E-state index is 0.0890. The van der Waals surface area contributed by atoms with Crippen LogP contribution in [0.2, 0.25) is 0 Å². The smallest absolute Gasteiger partial charge is 0.307 e. The zero-order valence-electron chi connectivity index (χ0n) is 14.3. The summed E-state index contributed by atoms with van der Waals surface area (Å²) < 4.78 is 5.60. The van der Waals surface area contributed by atoms with E-state index in [0.717, 1.165) is 24.3 Å². The van der Waals surface area contributed by atoms with Crippen LogP contribution in [0.25, 0.3) is 0 Å². The van der Waals surface area contributed by atoms with Crippen molar-refractivity contribution in [2.24, 2.45) is 5.92 Å². The summed E-state index contributed by atoms with van der Waals surface area (Å²) in [6.45, 7) is 5.84. The van der Waals surface area contributed by atoms with Crippen LogP contribution in [-0.4, -0.2) is 54.2 Å². The molecule has 0 bridgehead atoms. The van der Waals surface area contributed by atoms with E-state index in [-0.39, 0.29) is 17.9 Å². The second kappa shape index (κ2) is 8.68. The quantitative estimate of drug-likeness (QED) is 0.742. The van der Waals surface area contributed by atoms with Crippen molar-refractivity contribution in [2.75, 3.05) is 26.2 Å². The number of aryl methyl sites for hydroxylation is 1. The highest BCUT2D eigenvalue weighted by molar-refractivity contribution is 5.81. The van der Waals surface area contributed by atoms with Crippen molar-refractivity contribution < 1.29 is 19.4 Å². The van der Waals surface area contributed by atoms with E-state index in [4.69, 9.17) is 9.84 Å². The van der Waals surface area contributed by atoms with Crippen molar-refractivity contribution in [3.63, 3.8) is 0 Å². The number of carboxylic acid groups (broad SMARTS) is 1. The Kier molecular flexibility index (Phi) is 6.61. The zero-order valence-corrected chi connectivity index (χ0v) is 14.3. The van der Waals surface area contributed by atoms with Gasteiger partial charge in [0.15, 0.2) is 0 Å². The van der Waals surface area contributed by atoms with Crippen LogP contribution in [-0.2, 0) is 9.59 Å². The Balaban J connectivity index is 1.72. The van der Waals surface area contributed by atoms with Gasteiger partial charge in [0.1, 0.15) is 12.4 Å². The minimum Gasteiger partial charge on any atom is -0.492 e. The van der Waals surface area contributed by atoms with Crippen LogP contribution in [0.3, 0.4) is 0 Å². The topological polar surface area (TPSA) is 78.9 Å². The van der Waals surface area contributed by atoms with Crippen LogP contribution in [0.15, 0.2) is 24.3 Å². The Hall–Kier alpha value is -2.08. The highest BCUT2D eigenvalue weighted by atomic mass is 16.5. The number of hydrogen-bond donors (Lipinski definition) is 2. The monoisotopic (exact) mass is 334 g/mol. The molecular weight excluding hydrogens is 308 g/mol. The van der Waals surface area contributed by atoms with E-state index in [0.29, 0.717) is 26.1 Å². The standard InChI is InChI=1S/C18H26N2O4/c1-13-5-3-7-16(11-13)24-10-8-19-17(21)14(2)20-9-4-6-15(12-20)18(22)23/h3,5,7,11,14-15H,4,6,8-10,12H2,1-2H3,(H,19,21)(H,22,23). The van der Waals surface area contributed by atoms with Crippen LogP contribution in [0.1, 0.15) is 25.3 Å². The molecule has 2 rings (SSSR count). The number of amides is 1. The van der Waals surface area contributed by atoms with Gasteiger partial charge in [-0.05, 0) is 50.9 Å². The molecule has 1 aromatic rings. The number of hydrogen-bond acceptors (Lipinski definition) is 4. The summed E-state index contributed by atoms with van der Waals surface area (Å²) in [7, 11) is 0. The number of nitrogens with one attached hydrogen (secondary N) is 1. The first kappa shape index (κ1) is 18.3. The van der Waals surface area contributed by atoms with Crippen LogP contribution >= 0.6 is 0 Å². The average molecular weight is 334 g/mol. The third-order valence-electron chi connectivity index (χ3n) is 4.39. The minimum atomic E-state index is -0.779. The molecule has 0 radical (unpaired) electrons. The maximum absolute atomic E-state index is 12.2. The largest absolute Gasteiger partial charge is 0.492 e. The molecule has 0 spiro atoms. The van der Waals surface area contributed by atoms with Crippen molar-refractivity contribution in [3.8, 4) is 5.75 Å². The number of piperidine rings is 1. The summed E-state index contributed by atoms with van der Waals surface area (Å²) in [5.41, 5.74) is 1.13. The van der Waals surface area contributed by atoms with Crippen LogP contribution in [0.4, 0.5) is 0 Å². The van der Waals surface area contributed by atoms with E-state index in [2.05, 4.69) is 5.32 Å². The van der Waals surface area contributed by atoms with Gasteiger partial charge in [0.05, 0.1) is 18.5 Å². The lowest BCUT2D eigenvalue weighted by molar-refractivity contribution is -0.145. The number of likely N-dealkylation sites (tertiary alicyclic amines) is 1. The first-order chi connectivity index (χ1) is 11.5. The lowest BCUT2D eigenvalue weighted by Crippen LogP contribution is -2.50. The normalized spacial score (nSPS) is 19.5. The molecule has 1 aliphatic rings. The van der Waals surface area contributed by atoms with Crippen LogP contribution in [0.5, 0.6) is 5.75 Å². The van der Waals surface area contributed by atoms with Crippen LogP contribution in [0, 0.1) is 12.8 Å². The predicted octanol–water partition coefficient (Wildman–Crippen LogP) is 1.68. The van der Waals surface area contributed by atoms with Crippen molar-refractivity contribution in [3.05, 3.63) is 29.8 Å². The molecule has 1 fully saturated rings. The molecule has 132 valence electrons. The molecular formula is C18H26N2O4. The molecule has 1 aromatic carbocycles. The van der Waals surface area contributed by atoms with Gasteiger partial charge >= 0.3 is 5.97 Å². The highest BCUT2D eigenvalue weighted by Gasteiger charge is 2.30. The van der Waals surface area contributed by atoms with E-state index in [9.17, 15) is 9.59 Å². The van der Waals surface area contributed by atoms with Gasteiger partial charge in [-0.3, -0.25) is 14.5 Å². The molecule has 1 amide bonds. The number of nitrogens with zero attached hydrogens (tertiary/aromatic N) is 1. The summed E-state index contributed by atoms with van der Waals surface area (Å²) in [4.78, 5) is 25.3. The molecule has 6 heteroatoms. The molecule has 2 atom stereocenters. The number of benzene rings is 1. The second-order valence-electron chi connectivity index (χ2n) is 6.30. The van der Waals surface area contributed by atoms with Crippen molar-refractivity contribution in [1.82, 2.24) is 10.2 Å². The van der Waals surface area contributed by atoms with Gasteiger partial charge in [-0.25, -0.2) is 0 Å². The Bertz CT molecular complexity index is 576. The van der Waals surface area contributed by atoms with E-state index in [1.165, 1.54) is 0 Å². The SMILES string of the molecule is Cc1cccc(OCCNC(=O)C(C)N2CCCC(C(=O)O)C2)c1. The molecule has 2 N–H and O–H groups in total. The Morgan fingerprint density at radius 2 is 2.25 bits per heavy atom. The summed E-state index contributed by atoms with van der Waals surface area (Å²) in [6.07, 6.45) is 1.50. The van der Waals surface area contributed by atoms with Gasteiger partial charge in [0, 0.05) is 6.54 Å². The fourth-order valence-corrected chi connectivity index (χ4v) is 2.92. The lowest BCUT2D eigenvalue weighted by atomic mass is 9.97. The molecule has 1 aliphatic heterocycles. The first-order valence-electron chi connectivity index (χ1n) is 8.41. The summed E-state index contributed by atoms with van der Waals surface area (Å²) in [5.74, 6) is -0.455. The molecule has 24 heavy (non-hydrogen) atoms. The number of ether oxygens (including phenoxy) is 1. The first-order valence-corrected chi connectivity index (χ1v) is 8.41. The molecule has 1 heterocycles. The maximum atomic E-state index is 12.2. The highest BCUT2D eigenvalue weighted by Crippen LogP contribution is 2.18. The van der Waals surface area contributed by atoms with Crippen molar-refractivity contribution in [1.29, 1.82) is 0 Å². The van der Waals surface area contributed by atoms with Crippen molar-refractivity contribution in [2.45, 2.75) is 32.7 Å². The molecule has 0 aliphatic carbocycles. The maximum Gasteiger partial charge on any atom is 0.307 e.